The van der Waals surface area contributed by atoms with E-state index >= 15 is 0 Å². The van der Waals surface area contributed by atoms with Gasteiger partial charge in [-0.1, -0.05) is 19.9 Å². The fraction of sp³-hybridized carbons (Fsp3) is 0.591. The number of hydrogen-bond acceptors (Lipinski definition) is 7. The van der Waals surface area contributed by atoms with Gasteiger partial charge in [0.05, 0.1) is 11.9 Å². The first-order chi connectivity index (χ1) is 14.4. The molecule has 164 valence electrons. The highest BCUT2D eigenvalue weighted by Crippen LogP contribution is 2.35. The molecule has 0 amide bonds. The van der Waals surface area contributed by atoms with Crippen molar-refractivity contribution in [3.8, 4) is 0 Å². The van der Waals surface area contributed by atoms with Gasteiger partial charge in [0.25, 0.3) is 5.56 Å². The Balaban J connectivity index is 1.71. The molecule has 30 heavy (non-hydrogen) atoms. The number of nitrogens with one attached hydrogen (secondary N) is 1. The first kappa shape index (κ1) is 22.7. The van der Waals surface area contributed by atoms with E-state index in [0.29, 0.717) is 37.7 Å². The summed E-state index contributed by atoms with van der Waals surface area (Å²) in [6.07, 6.45) is 5.02. The molecule has 0 saturated heterocycles. The Hall–Kier alpha value is -2.03. The summed E-state index contributed by atoms with van der Waals surface area (Å²) in [5, 5.41) is 11.0. The molecule has 0 spiro atoms. The topological polar surface area (TPSA) is 95.5 Å². The van der Waals surface area contributed by atoms with Crippen molar-refractivity contribution in [3.05, 3.63) is 39.3 Å². The lowest BCUT2D eigenvalue weighted by molar-refractivity contribution is -0.147. The van der Waals surface area contributed by atoms with E-state index in [1.54, 1.807) is 17.4 Å². The molecule has 0 fully saturated rings. The van der Waals surface area contributed by atoms with E-state index in [0.717, 1.165) is 29.5 Å². The van der Waals surface area contributed by atoms with Gasteiger partial charge < -0.3 is 14.8 Å². The Morgan fingerprint density at radius 3 is 3.07 bits per heavy atom. The number of carbonyl (C=O) groups excluding carboxylic acids is 1. The minimum atomic E-state index is -0.822. The van der Waals surface area contributed by atoms with Crippen LogP contribution in [-0.2, 0) is 28.9 Å². The average Bonchev–Trinajstić information content (AvgIpc) is 3.04. The molecular weight excluding hydrogens is 402 g/mol. The van der Waals surface area contributed by atoms with Crippen LogP contribution in [0.3, 0.4) is 0 Å². The predicted octanol–water partition coefficient (Wildman–Crippen LogP) is 2.80. The number of nitrogens with zero attached hydrogens (tertiary/aromatic N) is 2. The number of aromatic nitrogens is 2. The molecule has 7 nitrogen and oxygen atoms in total. The normalized spacial score (nSPS) is 17.1. The number of aromatic amines is 1. The summed E-state index contributed by atoms with van der Waals surface area (Å²) in [5.41, 5.74) is 1.08. The first-order valence-electron chi connectivity index (χ1n) is 10.6. The Bertz CT molecular complexity index is 952. The van der Waals surface area contributed by atoms with Crippen LogP contribution in [0, 0.1) is 5.92 Å². The van der Waals surface area contributed by atoms with Crippen LogP contribution < -0.4 is 5.56 Å². The molecule has 8 heteroatoms. The van der Waals surface area contributed by atoms with E-state index < -0.39 is 6.10 Å². The largest absolute Gasteiger partial charge is 0.463 e. The fourth-order valence-corrected chi connectivity index (χ4v) is 5.28. The average molecular weight is 434 g/mol. The Morgan fingerprint density at radius 2 is 2.33 bits per heavy atom. The molecule has 0 unspecified atom stereocenters. The van der Waals surface area contributed by atoms with Crippen molar-refractivity contribution in [3.63, 3.8) is 0 Å². The molecule has 2 atom stereocenters. The van der Waals surface area contributed by atoms with Gasteiger partial charge in [0, 0.05) is 24.4 Å². The van der Waals surface area contributed by atoms with Gasteiger partial charge in [-0.05, 0) is 37.2 Å². The number of thiophene rings is 1. The van der Waals surface area contributed by atoms with Crippen LogP contribution in [0.4, 0.5) is 0 Å². The Labute approximate surface area is 180 Å². The van der Waals surface area contributed by atoms with Gasteiger partial charge in [-0.15, -0.1) is 17.9 Å². The second kappa shape index (κ2) is 10.3. The number of fused-ring (bicyclic) bond motifs is 3. The number of carbonyl (C=O) groups is 1. The third-order valence-electron chi connectivity index (χ3n) is 5.33. The number of aryl methyl sites for hydroxylation is 1. The SMILES string of the molecule is C=CCN(Cc1nc2sc3c(c2c(=O)[nH]1)CC[C@@H](C)C3)C[C@@H](O)COC(=O)CCC. The van der Waals surface area contributed by atoms with E-state index in [-0.39, 0.29) is 24.7 Å². The van der Waals surface area contributed by atoms with E-state index in [2.05, 4.69) is 18.5 Å². The highest BCUT2D eigenvalue weighted by atomic mass is 32.1. The number of esters is 1. The quantitative estimate of drug-likeness (QED) is 0.442. The third kappa shape index (κ3) is 5.56. The minimum Gasteiger partial charge on any atom is -0.463 e. The Kier molecular flexibility index (Phi) is 7.80. The molecule has 0 aliphatic heterocycles. The zero-order chi connectivity index (χ0) is 21.7. The summed E-state index contributed by atoms with van der Waals surface area (Å²) < 4.78 is 5.09. The van der Waals surface area contributed by atoms with Crippen molar-refractivity contribution >= 4 is 27.5 Å². The summed E-state index contributed by atoms with van der Waals surface area (Å²) in [6.45, 7) is 9.03. The second-order valence-electron chi connectivity index (χ2n) is 8.11. The molecule has 3 rings (SSSR count). The van der Waals surface area contributed by atoms with E-state index in [1.807, 2.05) is 11.8 Å². The Morgan fingerprint density at radius 1 is 1.53 bits per heavy atom. The van der Waals surface area contributed by atoms with Gasteiger partial charge in [-0.25, -0.2) is 4.98 Å². The second-order valence-corrected chi connectivity index (χ2v) is 9.20. The highest BCUT2D eigenvalue weighted by molar-refractivity contribution is 7.18. The van der Waals surface area contributed by atoms with Gasteiger partial charge >= 0.3 is 5.97 Å². The minimum absolute atomic E-state index is 0.0503. The maximum atomic E-state index is 12.8. The molecule has 1 aliphatic carbocycles. The number of rotatable bonds is 10. The lowest BCUT2D eigenvalue weighted by Crippen LogP contribution is -2.36. The highest BCUT2D eigenvalue weighted by Gasteiger charge is 2.23. The predicted molar refractivity (Wildman–Crippen MR) is 119 cm³/mol. The molecule has 0 radical (unpaired) electrons. The van der Waals surface area contributed by atoms with Crippen LogP contribution in [0.5, 0.6) is 0 Å². The maximum absolute atomic E-state index is 12.8. The lowest BCUT2D eigenvalue weighted by Gasteiger charge is -2.23. The van der Waals surface area contributed by atoms with Gasteiger partial charge in [0.15, 0.2) is 0 Å². The van der Waals surface area contributed by atoms with E-state index in [1.165, 1.54) is 10.4 Å². The number of hydrogen-bond donors (Lipinski definition) is 2. The van der Waals surface area contributed by atoms with Crippen molar-refractivity contribution in [2.75, 3.05) is 19.7 Å². The van der Waals surface area contributed by atoms with Crippen LogP contribution in [-0.4, -0.2) is 51.7 Å². The van der Waals surface area contributed by atoms with Gasteiger partial charge in [-0.2, -0.15) is 0 Å². The smallest absolute Gasteiger partial charge is 0.305 e. The molecule has 2 N–H and O–H groups in total. The van der Waals surface area contributed by atoms with E-state index in [4.69, 9.17) is 9.72 Å². The van der Waals surface area contributed by atoms with Crippen LogP contribution in [0.1, 0.15) is 49.4 Å². The third-order valence-corrected chi connectivity index (χ3v) is 6.48. The standard InChI is InChI=1S/C22H31N3O4S/c1-4-6-19(27)29-13-15(26)11-25(9-5-2)12-18-23-21(28)20-16-8-7-14(3)10-17(16)30-22(20)24-18/h5,14-15,26H,2,4,6-13H2,1,3H3,(H,23,24,28)/t14-,15-/m1/s1. The molecule has 2 heterocycles. The van der Waals surface area contributed by atoms with Gasteiger partial charge in [-0.3, -0.25) is 14.5 Å². The van der Waals surface area contributed by atoms with Crippen LogP contribution in [0.15, 0.2) is 17.4 Å². The monoisotopic (exact) mass is 433 g/mol. The van der Waals surface area contributed by atoms with Crippen molar-refractivity contribution in [1.29, 1.82) is 0 Å². The summed E-state index contributed by atoms with van der Waals surface area (Å²) in [5.74, 6) is 0.899. The summed E-state index contributed by atoms with van der Waals surface area (Å²) >= 11 is 1.63. The van der Waals surface area contributed by atoms with Crippen molar-refractivity contribution in [2.45, 2.75) is 58.6 Å². The molecule has 0 saturated carbocycles. The van der Waals surface area contributed by atoms with Gasteiger partial charge in [0.1, 0.15) is 23.4 Å². The molecule has 2 aromatic heterocycles. The van der Waals surface area contributed by atoms with Crippen LogP contribution in [0.2, 0.25) is 0 Å². The molecule has 1 aliphatic rings. The maximum Gasteiger partial charge on any atom is 0.305 e. The lowest BCUT2D eigenvalue weighted by atomic mass is 9.89. The number of ether oxygens (including phenoxy) is 1. The van der Waals surface area contributed by atoms with Crippen molar-refractivity contribution in [1.82, 2.24) is 14.9 Å². The number of H-pyrrole nitrogens is 1. The van der Waals surface area contributed by atoms with E-state index in [9.17, 15) is 14.7 Å². The van der Waals surface area contributed by atoms with Crippen LogP contribution in [0.25, 0.3) is 10.2 Å². The summed E-state index contributed by atoms with van der Waals surface area (Å²) in [7, 11) is 0. The summed E-state index contributed by atoms with van der Waals surface area (Å²) in [4.78, 5) is 35.9. The van der Waals surface area contributed by atoms with Crippen molar-refractivity contribution in [2.24, 2.45) is 5.92 Å². The molecular formula is C22H31N3O4S. The number of aliphatic hydroxyl groups excluding tert-OH is 1. The first-order valence-corrected chi connectivity index (χ1v) is 11.4. The molecule has 2 aromatic rings. The van der Waals surface area contributed by atoms with Crippen LogP contribution >= 0.6 is 11.3 Å². The zero-order valence-electron chi connectivity index (χ0n) is 17.8. The zero-order valence-corrected chi connectivity index (χ0v) is 18.6. The fourth-order valence-electron chi connectivity index (χ4n) is 3.88. The summed E-state index contributed by atoms with van der Waals surface area (Å²) in [6, 6.07) is 0. The molecule has 0 bridgehead atoms. The molecule has 0 aromatic carbocycles. The van der Waals surface area contributed by atoms with Crippen molar-refractivity contribution < 1.29 is 14.6 Å². The number of aliphatic hydroxyl groups is 1. The van der Waals surface area contributed by atoms with Gasteiger partial charge in [0.2, 0.25) is 0 Å².